The molecule has 0 fully saturated rings. The summed E-state index contributed by atoms with van der Waals surface area (Å²) in [5, 5.41) is 20.2. The second-order valence-electron chi connectivity index (χ2n) is 9.07. The van der Waals surface area contributed by atoms with Gasteiger partial charge in [0.15, 0.2) is 17.3 Å². The maximum absolute atomic E-state index is 13.6. The monoisotopic (exact) mass is 526 g/mol. The lowest BCUT2D eigenvalue weighted by Crippen LogP contribution is -2.31. The Morgan fingerprint density at radius 2 is 1.97 bits per heavy atom. The van der Waals surface area contributed by atoms with Gasteiger partial charge in [-0.2, -0.15) is 10.1 Å². The summed E-state index contributed by atoms with van der Waals surface area (Å²) in [7, 11) is 1.59. The number of nitrogens with zero attached hydrogens (tertiary/aromatic N) is 4. The smallest absolute Gasteiger partial charge is 0.255 e. The number of pyridine rings is 1. The van der Waals surface area contributed by atoms with Crippen LogP contribution in [0.15, 0.2) is 84.3 Å². The Labute approximate surface area is 226 Å². The van der Waals surface area contributed by atoms with Gasteiger partial charge in [0.1, 0.15) is 12.6 Å². The normalized spacial score (nSPS) is 14.4. The number of carbonyl (C=O) groups is 1. The molecule has 2 aromatic carbocycles. The first-order chi connectivity index (χ1) is 19.1. The molecule has 3 N–H and O–H groups in total. The predicted molar refractivity (Wildman–Crippen MR) is 147 cm³/mol. The molecule has 2 aromatic heterocycles. The average Bonchev–Trinajstić information content (AvgIpc) is 3.37. The Hall–Kier alpha value is -4.70. The molecular weight excluding hydrogens is 496 g/mol. The fourth-order valence-electron chi connectivity index (χ4n) is 4.48. The molecule has 1 aliphatic rings. The summed E-state index contributed by atoms with van der Waals surface area (Å²) < 4.78 is 13.5. The van der Waals surface area contributed by atoms with Crippen LogP contribution in [0, 0.1) is 0 Å². The third kappa shape index (κ3) is 5.75. The molecule has 1 aliphatic heterocycles. The summed E-state index contributed by atoms with van der Waals surface area (Å²) in [4.78, 5) is 22.4. The molecule has 0 saturated carbocycles. The molecule has 1 amide bonds. The highest BCUT2D eigenvalue weighted by Crippen LogP contribution is 2.39. The van der Waals surface area contributed by atoms with Crippen molar-refractivity contribution in [2.24, 2.45) is 0 Å². The Morgan fingerprint density at radius 3 is 2.72 bits per heavy atom. The lowest BCUT2D eigenvalue weighted by atomic mass is 9.94. The first kappa shape index (κ1) is 25.9. The van der Waals surface area contributed by atoms with E-state index >= 15 is 0 Å². The van der Waals surface area contributed by atoms with Crippen molar-refractivity contribution < 1.29 is 19.4 Å². The molecular formula is C29H30N6O4. The number of hydrogen-bond acceptors (Lipinski definition) is 8. The van der Waals surface area contributed by atoms with Crippen LogP contribution < -0.4 is 20.1 Å². The zero-order valence-corrected chi connectivity index (χ0v) is 21.8. The van der Waals surface area contributed by atoms with E-state index in [1.165, 1.54) is 0 Å². The molecule has 0 bridgehead atoms. The van der Waals surface area contributed by atoms with E-state index in [1.807, 2.05) is 55.5 Å². The molecule has 0 aliphatic carbocycles. The largest absolute Gasteiger partial charge is 0.493 e. The maximum Gasteiger partial charge on any atom is 0.255 e. The number of amides is 1. The number of aryl methyl sites for hydroxylation is 1. The lowest BCUT2D eigenvalue weighted by Gasteiger charge is -2.29. The van der Waals surface area contributed by atoms with Crippen molar-refractivity contribution in [3.63, 3.8) is 0 Å². The summed E-state index contributed by atoms with van der Waals surface area (Å²) in [5.74, 6) is 1.93. The van der Waals surface area contributed by atoms with Crippen LogP contribution in [0.5, 0.6) is 11.5 Å². The minimum Gasteiger partial charge on any atom is -0.493 e. The molecule has 39 heavy (non-hydrogen) atoms. The zero-order valence-electron chi connectivity index (χ0n) is 21.8. The van der Waals surface area contributed by atoms with E-state index in [4.69, 9.17) is 14.6 Å². The van der Waals surface area contributed by atoms with Crippen LogP contribution in [0.4, 0.5) is 11.6 Å². The van der Waals surface area contributed by atoms with Gasteiger partial charge in [-0.15, -0.1) is 0 Å². The molecule has 0 saturated heterocycles. The van der Waals surface area contributed by atoms with Crippen molar-refractivity contribution in [3.05, 3.63) is 101 Å². The van der Waals surface area contributed by atoms with Crippen molar-refractivity contribution >= 4 is 17.5 Å². The summed E-state index contributed by atoms with van der Waals surface area (Å²) >= 11 is 0. The van der Waals surface area contributed by atoms with E-state index in [0.29, 0.717) is 59.7 Å². The first-order valence-corrected chi connectivity index (χ1v) is 12.7. The standard InChI is InChI=1S/C29H30N6O4/c1-19-26(28(37)32-22-10-6-14-30-17-22)27(35-29(31-19)33-25(34-35)11-7-15-36)21-12-13-23(24(16-21)38-2)39-18-20-8-4-3-5-9-20/h3-6,8-10,12-14,16-17,27,36H,7,11,15,18H2,1-2H3,(H,32,37)(H,31,33,34). The second kappa shape index (κ2) is 11.8. The molecule has 10 heteroatoms. The quantitative estimate of drug-likeness (QED) is 0.282. The van der Waals surface area contributed by atoms with Crippen molar-refractivity contribution in [3.8, 4) is 11.5 Å². The molecule has 4 aromatic rings. The highest BCUT2D eigenvalue weighted by Gasteiger charge is 2.35. The van der Waals surface area contributed by atoms with E-state index in [0.717, 1.165) is 11.1 Å². The van der Waals surface area contributed by atoms with Crippen molar-refractivity contribution in [2.75, 3.05) is 24.4 Å². The number of anilines is 2. The number of benzene rings is 2. The number of methoxy groups -OCH3 is 1. The van der Waals surface area contributed by atoms with Gasteiger partial charge >= 0.3 is 0 Å². The number of nitrogens with one attached hydrogen (secondary N) is 2. The van der Waals surface area contributed by atoms with E-state index in [2.05, 4.69) is 20.6 Å². The molecule has 5 rings (SSSR count). The van der Waals surface area contributed by atoms with Crippen molar-refractivity contribution in [1.82, 2.24) is 19.7 Å². The minimum atomic E-state index is -0.592. The number of aliphatic hydroxyl groups excluding tert-OH is 1. The van der Waals surface area contributed by atoms with Crippen LogP contribution in [0.25, 0.3) is 0 Å². The van der Waals surface area contributed by atoms with Gasteiger partial charge in [-0.3, -0.25) is 9.78 Å². The number of rotatable bonds is 10. The van der Waals surface area contributed by atoms with Gasteiger partial charge in [-0.05, 0) is 48.7 Å². The van der Waals surface area contributed by atoms with Crippen LogP contribution in [-0.2, 0) is 17.8 Å². The Bertz CT molecular complexity index is 1470. The lowest BCUT2D eigenvalue weighted by molar-refractivity contribution is -0.113. The van der Waals surface area contributed by atoms with Crippen LogP contribution in [-0.4, -0.2) is 44.5 Å². The first-order valence-electron chi connectivity index (χ1n) is 12.7. The molecule has 10 nitrogen and oxygen atoms in total. The van der Waals surface area contributed by atoms with Gasteiger partial charge in [0.05, 0.1) is 24.6 Å². The average molecular weight is 527 g/mol. The van der Waals surface area contributed by atoms with E-state index in [1.54, 1.807) is 36.3 Å². The molecule has 3 heterocycles. The third-order valence-electron chi connectivity index (χ3n) is 6.36. The van der Waals surface area contributed by atoms with Crippen LogP contribution in [0.3, 0.4) is 0 Å². The van der Waals surface area contributed by atoms with Gasteiger partial charge in [0.2, 0.25) is 5.95 Å². The van der Waals surface area contributed by atoms with Gasteiger partial charge in [0.25, 0.3) is 5.91 Å². The second-order valence-corrected chi connectivity index (χ2v) is 9.07. The third-order valence-corrected chi connectivity index (χ3v) is 6.36. The SMILES string of the molecule is COc1cc(C2C(C(=O)Nc3cccnc3)=C(C)Nc3nc(CCCO)nn32)ccc1OCc1ccccc1. The molecule has 200 valence electrons. The van der Waals surface area contributed by atoms with Crippen molar-refractivity contribution in [1.29, 1.82) is 0 Å². The number of carbonyl (C=O) groups excluding carboxylic acids is 1. The van der Waals surface area contributed by atoms with Crippen LogP contribution in [0.2, 0.25) is 0 Å². The molecule has 1 atom stereocenters. The Morgan fingerprint density at radius 1 is 1.13 bits per heavy atom. The number of hydrogen-bond donors (Lipinski definition) is 3. The predicted octanol–water partition coefficient (Wildman–Crippen LogP) is 4.11. The summed E-state index contributed by atoms with van der Waals surface area (Å²) in [6.07, 6.45) is 4.29. The van der Waals surface area contributed by atoms with E-state index < -0.39 is 6.04 Å². The Kier molecular flexibility index (Phi) is 7.83. The maximum atomic E-state index is 13.6. The molecule has 0 radical (unpaired) electrons. The van der Waals surface area contributed by atoms with Crippen LogP contribution in [0.1, 0.15) is 36.3 Å². The topological polar surface area (TPSA) is 123 Å². The van der Waals surface area contributed by atoms with Crippen LogP contribution >= 0.6 is 0 Å². The summed E-state index contributed by atoms with van der Waals surface area (Å²) in [6, 6.07) is 18.4. The summed E-state index contributed by atoms with van der Waals surface area (Å²) in [5.41, 5.74) is 3.52. The number of allylic oxidation sites excluding steroid dienone is 1. The zero-order chi connectivity index (χ0) is 27.2. The fourth-order valence-corrected chi connectivity index (χ4v) is 4.48. The summed E-state index contributed by atoms with van der Waals surface area (Å²) in [6.45, 7) is 2.27. The van der Waals surface area contributed by atoms with Gasteiger partial charge in [-0.1, -0.05) is 36.4 Å². The molecule has 1 unspecified atom stereocenters. The van der Waals surface area contributed by atoms with E-state index in [-0.39, 0.29) is 12.5 Å². The minimum absolute atomic E-state index is 0.0401. The van der Waals surface area contributed by atoms with Gasteiger partial charge < -0.3 is 25.2 Å². The fraction of sp³-hybridized carbons (Fsp3) is 0.241. The van der Waals surface area contributed by atoms with Gasteiger partial charge in [-0.25, -0.2) is 4.68 Å². The molecule has 0 spiro atoms. The highest BCUT2D eigenvalue weighted by atomic mass is 16.5. The van der Waals surface area contributed by atoms with Crippen molar-refractivity contribution in [2.45, 2.75) is 32.4 Å². The highest BCUT2D eigenvalue weighted by molar-refractivity contribution is 6.05. The van der Waals surface area contributed by atoms with E-state index in [9.17, 15) is 9.90 Å². The Balaban J connectivity index is 1.51. The number of aliphatic hydroxyl groups is 1. The number of fused-ring (bicyclic) bond motifs is 1. The van der Waals surface area contributed by atoms with Gasteiger partial charge in [0, 0.05) is 24.9 Å². The number of aromatic nitrogens is 4. The number of ether oxygens (including phenoxy) is 2.